The fraction of sp³-hybridized carbons (Fsp3) is 0.909. The van der Waals surface area contributed by atoms with Gasteiger partial charge in [0.15, 0.2) is 0 Å². The van der Waals surface area contributed by atoms with Gasteiger partial charge in [-0.05, 0) is 25.9 Å². The standard InChI is InChI=1S/C11H19F3N2O2/c1-18-7-2-9(17)16-8-10(11(12,13)14)3-5-15-6-4-10/h15H,2-8H2,1H3,(H,16,17). The molecule has 18 heavy (non-hydrogen) atoms. The van der Waals surface area contributed by atoms with Gasteiger partial charge in [0.2, 0.25) is 5.91 Å². The number of methoxy groups -OCH3 is 1. The first-order valence-corrected chi connectivity index (χ1v) is 5.94. The number of rotatable bonds is 5. The fourth-order valence-electron chi connectivity index (χ4n) is 2.02. The molecule has 0 aromatic heterocycles. The van der Waals surface area contributed by atoms with Gasteiger partial charge in [-0.3, -0.25) is 4.79 Å². The second-order valence-corrected chi connectivity index (χ2v) is 4.55. The minimum Gasteiger partial charge on any atom is -0.384 e. The number of ether oxygens (including phenoxy) is 1. The van der Waals surface area contributed by atoms with Crippen molar-refractivity contribution in [3.8, 4) is 0 Å². The number of carbonyl (C=O) groups is 1. The summed E-state index contributed by atoms with van der Waals surface area (Å²) >= 11 is 0. The SMILES string of the molecule is COCCC(=O)NCC1(C(F)(F)F)CCNCC1. The van der Waals surface area contributed by atoms with E-state index in [-0.39, 0.29) is 32.4 Å². The molecule has 1 amide bonds. The summed E-state index contributed by atoms with van der Waals surface area (Å²) in [7, 11) is 1.44. The lowest BCUT2D eigenvalue weighted by Crippen LogP contribution is -2.52. The summed E-state index contributed by atoms with van der Waals surface area (Å²) in [6.07, 6.45) is -4.20. The van der Waals surface area contributed by atoms with E-state index in [1.54, 1.807) is 0 Å². The van der Waals surface area contributed by atoms with Crippen molar-refractivity contribution in [1.82, 2.24) is 10.6 Å². The molecule has 7 heteroatoms. The van der Waals surface area contributed by atoms with Gasteiger partial charge in [0.05, 0.1) is 12.0 Å². The molecule has 4 nitrogen and oxygen atoms in total. The molecule has 0 aliphatic carbocycles. The molecular weight excluding hydrogens is 249 g/mol. The molecule has 0 saturated carbocycles. The molecule has 0 aromatic rings. The number of alkyl halides is 3. The molecule has 1 fully saturated rings. The average molecular weight is 268 g/mol. The van der Waals surface area contributed by atoms with Crippen LogP contribution in [-0.2, 0) is 9.53 Å². The third-order valence-electron chi connectivity index (χ3n) is 3.32. The number of nitrogens with one attached hydrogen (secondary N) is 2. The molecule has 1 heterocycles. The highest BCUT2D eigenvalue weighted by molar-refractivity contribution is 5.76. The van der Waals surface area contributed by atoms with Crippen molar-refractivity contribution < 1.29 is 22.7 Å². The van der Waals surface area contributed by atoms with Crippen LogP contribution >= 0.6 is 0 Å². The zero-order valence-corrected chi connectivity index (χ0v) is 10.4. The van der Waals surface area contributed by atoms with Crippen molar-refractivity contribution in [3.63, 3.8) is 0 Å². The van der Waals surface area contributed by atoms with Gasteiger partial charge in [0.25, 0.3) is 0 Å². The van der Waals surface area contributed by atoms with Gasteiger partial charge in [-0.1, -0.05) is 0 Å². The Kier molecular flexibility index (Phi) is 5.40. The Bertz CT molecular complexity index is 276. The van der Waals surface area contributed by atoms with Crippen molar-refractivity contribution in [3.05, 3.63) is 0 Å². The zero-order valence-electron chi connectivity index (χ0n) is 10.4. The molecule has 0 bridgehead atoms. The van der Waals surface area contributed by atoms with Crippen molar-refractivity contribution in [1.29, 1.82) is 0 Å². The molecule has 0 spiro atoms. The maximum atomic E-state index is 13.1. The van der Waals surface area contributed by atoms with Crippen molar-refractivity contribution in [2.75, 3.05) is 33.4 Å². The zero-order chi connectivity index (χ0) is 13.6. The van der Waals surface area contributed by atoms with Gasteiger partial charge >= 0.3 is 6.18 Å². The van der Waals surface area contributed by atoms with Crippen LogP contribution in [-0.4, -0.2) is 45.4 Å². The smallest absolute Gasteiger partial charge is 0.384 e. The Labute approximate surface area is 104 Å². The van der Waals surface area contributed by atoms with E-state index in [9.17, 15) is 18.0 Å². The summed E-state index contributed by atoms with van der Waals surface area (Å²) < 4.78 is 44.0. The summed E-state index contributed by atoms with van der Waals surface area (Å²) in [6.45, 7) is 0.522. The van der Waals surface area contributed by atoms with Crippen LogP contribution in [0.4, 0.5) is 13.2 Å². The monoisotopic (exact) mass is 268 g/mol. The van der Waals surface area contributed by atoms with Crippen LogP contribution in [0, 0.1) is 5.41 Å². The number of carbonyl (C=O) groups excluding carboxylic acids is 1. The molecule has 1 aliphatic rings. The molecule has 1 saturated heterocycles. The largest absolute Gasteiger partial charge is 0.396 e. The van der Waals surface area contributed by atoms with Gasteiger partial charge in [-0.15, -0.1) is 0 Å². The maximum Gasteiger partial charge on any atom is 0.396 e. The summed E-state index contributed by atoms with van der Waals surface area (Å²) in [5, 5.41) is 5.27. The molecule has 0 radical (unpaired) electrons. The van der Waals surface area contributed by atoms with E-state index in [1.165, 1.54) is 7.11 Å². The van der Waals surface area contributed by atoms with Crippen LogP contribution in [0.15, 0.2) is 0 Å². The minimum atomic E-state index is -4.29. The van der Waals surface area contributed by atoms with E-state index in [2.05, 4.69) is 10.6 Å². The Hall–Kier alpha value is -0.820. The van der Waals surface area contributed by atoms with E-state index in [1.807, 2.05) is 0 Å². The van der Waals surface area contributed by atoms with E-state index in [0.717, 1.165) is 0 Å². The van der Waals surface area contributed by atoms with Crippen LogP contribution in [0.5, 0.6) is 0 Å². The highest BCUT2D eigenvalue weighted by atomic mass is 19.4. The normalized spacial score (nSPS) is 19.6. The van der Waals surface area contributed by atoms with Gasteiger partial charge in [0.1, 0.15) is 0 Å². The number of hydrogen-bond donors (Lipinski definition) is 2. The quantitative estimate of drug-likeness (QED) is 0.784. The van der Waals surface area contributed by atoms with Crippen LogP contribution < -0.4 is 10.6 Å². The van der Waals surface area contributed by atoms with Gasteiger partial charge in [-0.25, -0.2) is 0 Å². The lowest BCUT2D eigenvalue weighted by Gasteiger charge is -2.39. The van der Waals surface area contributed by atoms with E-state index in [0.29, 0.717) is 13.1 Å². The minimum absolute atomic E-state index is 0.00105. The van der Waals surface area contributed by atoms with Crippen LogP contribution in [0.3, 0.4) is 0 Å². The van der Waals surface area contributed by atoms with Crippen molar-refractivity contribution >= 4 is 5.91 Å². The van der Waals surface area contributed by atoms with Gasteiger partial charge in [0, 0.05) is 20.1 Å². The Morgan fingerprint density at radius 3 is 2.50 bits per heavy atom. The van der Waals surface area contributed by atoms with Gasteiger partial charge in [-0.2, -0.15) is 13.2 Å². The summed E-state index contributed by atoms with van der Waals surface area (Å²) in [5.41, 5.74) is -1.79. The number of amides is 1. The Morgan fingerprint density at radius 1 is 1.39 bits per heavy atom. The molecule has 2 N–H and O–H groups in total. The maximum absolute atomic E-state index is 13.1. The number of halogens is 3. The summed E-state index contributed by atoms with van der Waals surface area (Å²) in [4.78, 5) is 11.3. The van der Waals surface area contributed by atoms with Crippen LogP contribution in [0.2, 0.25) is 0 Å². The number of hydrogen-bond acceptors (Lipinski definition) is 3. The topological polar surface area (TPSA) is 50.4 Å². The predicted octanol–water partition coefficient (Wildman–Crippen LogP) is 1.07. The third-order valence-corrected chi connectivity index (χ3v) is 3.32. The third kappa shape index (κ3) is 3.84. The van der Waals surface area contributed by atoms with Crippen molar-refractivity contribution in [2.24, 2.45) is 5.41 Å². The Balaban J connectivity index is 2.55. The summed E-state index contributed by atoms with van der Waals surface area (Å²) in [6, 6.07) is 0. The lowest BCUT2D eigenvalue weighted by atomic mass is 9.78. The fourth-order valence-corrected chi connectivity index (χ4v) is 2.02. The molecular formula is C11H19F3N2O2. The first-order valence-electron chi connectivity index (χ1n) is 5.94. The van der Waals surface area contributed by atoms with E-state index >= 15 is 0 Å². The Morgan fingerprint density at radius 2 is 2.00 bits per heavy atom. The molecule has 1 rings (SSSR count). The first kappa shape index (κ1) is 15.2. The second-order valence-electron chi connectivity index (χ2n) is 4.55. The predicted molar refractivity (Wildman–Crippen MR) is 60.1 cm³/mol. The molecule has 1 aliphatic heterocycles. The van der Waals surface area contributed by atoms with E-state index < -0.39 is 17.5 Å². The number of piperidine rings is 1. The molecule has 0 atom stereocenters. The lowest BCUT2D eigenvalue weighted by molar-refractivity contribution is -0.230. The molecule has 0 aromatic carbocycles. The second kappa shape index (κ2) is 6.38. The van der Waals surface area contributed by atoms with Gasteiger partial charge < -0.3 is 15.4 Å². The highest BCUT2D eigenvalue weighted by Crippen LogP contribution is 2.44. The van der Waals surface area contributed by atoms with Crippen LogP contribution in [0.25, 0.3) is 0 Å². The molecule has 106 valence electrons. The first-order chi connectivity index (χ1) is 8.41. The molecule has 0 unspecified atom stereocenters. The van der Waals surface area contributed by atoms with Crippen molar-refractivity contribution in [2.45, 2.75) is 25.4 Å². The average Bonchev–Trinajstić information content (AvgIpc) is 2.33. The van der Waals surface area contributed by atoms with Crippen LogP contribution in [0.1, 0.15) is 19.3 Å². The highest BCUT2D eigenvalue weighted by Gasteiger charge is 2.54. The summed E-state index contributed by atoms with van der Waals surface area (Å²) in [5.74, 6) is -0.404. The van der Waals surface area contributed by atoms with E-state index in [4.69, 9.17) is 4.74 Å².